The van der Waals surface area contributed by atoms with Crippen LogP contribution >= 0.6 is 0 Å². The molecule has 80 valence electrons. The summed E-state index contributed by atoms with van der Waals surface area (Å²) in [5, 5.41) is 14.7. The minimum atomic E-state index is 0.538. The molecule has 0 aliphatic heterocycles. The normalized spacial score (nSPS) is 10.8. The van der Waals surface area contributed by atoms with Gasteiger partial charge in [-0.1, -0.05) is 5.16 Å². The van der Waals surface area contributed by atoms with Crippen LogP contribution in [0.25, 0.3) is 5.65 Å². The summed E-state index contributed by atoms with van der Waals surface area (Å²) in [6, 6.07) is 1.79. The Labute approximate surface area is 90.1 Å². The quantitative estimate of drug-likeness (QED) is 0.694. The van der Waals surface area contributed by atoms with Gasteiger partial charge in [-0.15, -0.1) is 10.2 Å². The minimum absolute atomic E-state index is 0.538. The molecule has 0 spiro atoms. The largest absolute Gasteiger partial charge is 0.364 e. The second-order valence-corrected chi connectivity index (χ2v) is 3.18. The van der Waals surface area contributed by atoms with Gasteiger partial charge in [0.1, 0.15) is 18.3 Å². The highest BCUT2D eigenvalue weighted by Crippen LogP contribution is 2.10. The molecule has 0 saturated carbocycles. The van der Waals surface area contributed by atoms with Crippen LogP contribution in [-0.4, -0.2) is 24.7 Å². The van der Waals surface area contributed by atoms with Crippen molar-refractivity contribution in [3.05, 3.63) is 36.7 Å². The van der Waals surface area contributed by atoms with E-state index < -0.39 is 0 Å². The van der Waals surface area contributed by atoms with Crippen molar-refractivity contribution in [2.45, 2.75) is 6.54 Å². The molecule has 0 bridgehead atoms. The van der Waals surface area contributed by atoms with Crippen LogP contribution in [0.4, 0.5) is 5.82 Å². The molecule has 16 heavy (non-hydrogen) atoms. The lowest BCUT2D eigenvalue weighted by Crippen LogP contribution is -2.03. The maximum atomic E-state index is 4.73. The summed E-state index contributed by atoms with van der Waals surface area (Å²) in [5.74, 6) is 0.669. The predicted octanol–water partition coefficient (Wildman–Crippen LogP) is 0.724. The molecule has 0 unspecified atom stereocenters. The summed E-state index contributed by atoms with van der Waals surface area (Å²) < 4.78 is 6.52. The fourth-order valence-electron chi connectivity index (χ4n) is 1.39. The summed E-state index contributed by atoms with van der Waals surface area (Å²) in [7, 11) is 0. The smallest absolute Gasteiger partial charge is 0.203 e. The Kier molecular flexibility index (Phi) is 1.99. The number of hydrogen-bond donors (Lipinski definition) is 1. The molecule has 0 saturated heterocycles. The molecule has 3 aromatic rings. The second kappa shape index (κ2) is 3.61. The zero-order chi connectivity index (χ0) is 10.8. The van der Waals surface area contributed by atoms with Crippen molar-refractivity contribution in [3.8, 4) is 0 Å². The molecule has 7 nitrogen and oxygen atoms in total. The van der Waals surface area contributed by atoms with Gasteiger partial charge in [0.25, 0.3) is 0 Å². The molecule has 0 fully saturated rings. The van der Waals surface area contributed by atoms with E-state index in [9.17, 15) is 0 Å². The average Bonchev–Trinajstić information content (AvgIpc) is 2.97. The van der Waals surface area contributed by atoms with Gasteiger partial charge in [-0.3, -0.25) is 4.40 Å². The Balaban J connectivity index is 1.86. The molecule has 0 aliphatic rings. The maximum absolute atomic E-state index is 4.73. The standard InChI is InChI=1S/C9H8N6O/c1-4-16-14-7(1)5-11-8-9-13-12-6-15(9)3-2-10-8/h1-4,6H,5H2,(H,10,11). The zero-order valence-electron chi connectivity index (χ0n) is 8.24. The lowest BCUT2D eigenvalue weighted by molar-refractivity contribution is 0.412. The lowest BCUT2D eigenvalue weighted by Gasteiger charge is -2.03. The first-order chi connectivity index (χ1) is 7.93. The highest BCUT2D eigenvalue weighted by Gasteiger charge is 2.04. The van der Waals surface area contributed by atoms with E-state index in [4.69, 9.17) is 4.52 Å². The van der Waals surface area contributed by atoms with E-state index >= 15 is 0 Å². The van der Waals surface area contributed by atoms with E-state index in [-0.39, 0.29) is 0 Å². The SMILES string of the molecule is c1cn2cnnc2c(NCc2ccon2)n1. The first-order valence-corrected chi connectivity index (χ1v) is 4.71. The van der Waals surface area contributed by atoms with Crippen LogP contribution in [0, 0.1) is 0 Å². The Morgan fingerprint density at radius 3 is 3.31 bits per heavy atom. The van der Waals surface area contributed by atoms with Gasteiger partial charge >= 0.3 is 0 Å². The summed E-state index contributed by atoms with van der Waals surface area (Å²) in [6.07, 6.45) is 6.62. The molecule has 3 aromatic heterocycles. The number of fused-ring (bicyclic) bond motifs is 1. The van der Waals surface area contributed by atoms with Crippen LogP contribution in [-0.2, 0) is 6.54 Å². The van der Waals surface area contributed by atoms with Gasteiger partial charge in [-0.05, 0) is 0 Å². The highest BCUT2D eigenvalue weighted by molar-refractivity contribution is 5.61. The number of anilines is 1. The predicted molar refractivity (Wildman–Crippen MR) is 54.6 cm³/mol. The van der Waals surface area contributed by atoms with Gasteiger partial charge in [0.15, 0.2) is 5.82 Å². The van der Waals surface area contributed by atoms with Crippen molar-refractivity contribution >= 4 is 11.5 Å². The number of nitrogens with one attached hydrogen (secondary N) is 1. The first kappa shape index (κ1) is 8.84. The fraction of sp³-hybridized carbons (Fsp3) is 0.111. The Morgan fingerprint density at radius 1 is 1.44 bits per heavy atom. The van der Waals surface area contributed by atoms with Gasteiger partial charge < -0.3 is 9.84 Å². The third-order valence-electron chi connectivity index (χ3n) is 2.14. The van der Waals surface area contributed by atoms with E-state index in [1.54, 1.807) is 29.2 Å². The number of rotatable bonds is 3. The summed E-state index contributed by atoms with van der Waals surface area (Å²) in [6.45, 7) is 0.538. The molecule has 3 rings (SSSR count). The third kappa shape index (κ3) is 1.48. The molecule has 1 N–H and O–H groups in total. The fourth-order valence-corrected chi connectivity index (χ4v) is 1.39. The van der Waals surface area contributed by atoms with Gasteiger partial charge in [0.05, 0.1) is 6.54 Å². The van der Waals surface area contributed by atoms with Gasteiger partial charge in [-0.2, -0.15) is 0 Å². The van der Waals surface area contributed by atoms with Crippen molar-refractivity contribution < 1.29 is 4.52 Å². The highest BCUT2D eigenvalue weighted by atomic mass is 16.5. The summed E-state index contributed by atoms with van der Waals surface area (Å²) >= 11 is 0. The van der Waals surface area contributed by atoms with Crippen molar-refractivity contribution in [1.29, 1.82) is 0 Å². The van der Waals surface area contributed by atoms with Crippen molar-refractivity contribution in [3.63, 3.8) is 0 Å². The second-order valence-electron chi connectivity index (χ2n) is 3.18. The van der Waals surface area contributed by atoms with E-state index in [0.717, 1.165) is 5.69 Å². The molecule has 0 aliphatic carbocycles. The monoisotopic (exact) mass is 216 g/mol. The van der Waals surface area contributed by atoms with E-state index in [2.05, 4.69) is 25.7 Å². The van der Waals surface area contributed by atoms with Crippen molar-refractivity contribution in [1.82, 2.24) is 24.7 Å². The maximum Gasteiger partial charge on any atom is 0.203 e. The van der Waals surface area contributed by atoms with E-state index in [1.807, 2.05) is 0 Å². The number of nitrogens with zero attached hydrogens (tertiary/aromatic N) is 5. The van der Waals surface area contributed by atoms with Crippen LogP contribution in [0.3, 0.4) is 0 Å². The van der Waals surface area contributed by atoms with Crippen LogP contribution in [0.15, 0.2) is 35.6 Å². The van der Waals surface area contributed by atoms with Gasteiger partial charge in [-0.25, -0.2) is 4.98 Å². The molecule has 0 amide bonds. The van der Waals surface area contributed by atoms with Crippen LogP contribution in [0.2, 0.25) is 0 Å². The molecular formula is C9H8N6O. The first-order valence-electron chi connectivity index (χ1n) is 4.71. The molecule has 0 atom stereocenters. The lowest BCUT2D eigenvalue weighted by atomic mass is 10.4. The molecule has 0 aromatic carbocycles. The topological polar surface area (TPSA) is 81.1 Å². The van der Waals surface area contributed by atoms with E-state index in [0.29, 0.717) is 18.0 Å². The van der Waals surface area contributed by atoms with Crippen molar-refractivity contribution in [2.24, 2.45) is 0 Å². The average molecular weight is 216 g/mol. The molecular weight excluding hydrogens is 208 g/mol. The van der Waals surface area contributed by atoms with Crippen molar-refractivity contribution in [2.75, 3.05) is 5.32 Å². The Bertz CT molecular complexity index is 587. The Hall–Kier alpha value is -2.44. The third-order valence-corrected chi connectivity index (χ3v) is 2.14. The minimum Gasteiger partial charge on any atom is -0.364 e. The summed E-state index contributed by atoms with van der Waals surface area (Å²) in [5.41, 5.74) is 1.49. The van der Waals surface area contributed by atoms with Crippen LogP contribution in [0.5, 0.6) is 0 Å². The van der Waals surface area contributed by atoms with Crippen LogP contribution in [0.1, 0.15) is 5.69 Å². The zero-order valence-corrected chi connectivity index (χ0v) is 8.24. The molecule has 0 radical (unpaired) electrons. The van der Waals surface area contributed by atoms with Gasteiger partial charge in [0.2, 0.25) is 5.65 Å². The van der Waals surface area contributed by atoms with E-state index in [1.165, 1.54) is 6.26 Å². The summed E-state index contributed by atoms with van der Waals surface area (Å²) in [4.78, 5) is 4.19. The van der Waals surface area contributed by atoms with Crippen LogP contribution < -0.4 is 5.32 Å². The number of hydrogen-bond acceptors (Lipinski definition) is 6. The number of aromatic nitrogens is 5. The molecule has 7 heteroatoms. The Morgan fingerprint density at radius 2 is 2.44 bits per heavy atom. The van der Waals surface area contributed by atoms with Gasteiger partial charge in [0, 0.05) is 18.5 Å². The molecule has 3 heterocycles.